The molecule has 2 amide bonds. The van der Waals surface area contributed by atoms with Gasteiger partial charge in [0.15, 0.2) is 5.11 Å². The van der Waals surface area contributed by atoms with Gasteiger partial charge in [0, 0.05) is 14.1 Å². The van der Waals surface area contributed by atoms with E-state index < -0.39 is 11.8 Å². The van der Waals surface area contributed by atoms with Gasteiger partial charge in [-0.05, 0) is 67.2 Å². The summed E-state index contributed by atoms with van der Waals surface area (Å²) in [6.45, 7) is 1.96. The van der Waals surface area contributed by atoms with E-state index in [0.717, 1.165) is 11.1 Å². The molecule has 1 saturated heterocycles. The van der Waals surface area contributed by atoms with Crippen LogP contribution in [-0.4, -0.2) is 26.1 Å². The van der Waals surface area contributed by atoms with E-state index in [2.05, 4.69) is 0 Å². The average molecular weight is 483 g/mol. The highest BCUT2D eigenvalue weighted by atomic mass is 32.1. The Morgan fingerprint density at radius 1 is 0.714 bits per heavy atom. The topological polar surface area (TPSA) is 67.5 Å². The van der Waals surface area contributed by atoms with Crippen LogP contribution in [0.1, 0.15) is 11.1 Å². The fourth-order valence-corrected chi connectivity index (χ4v) is 4.61. The van der Waals surface area contributed by atoms with Crippen molar-refractivity contribution in [3.63, 3.8) is 0 Å². The molecule has 3 aromatic carbocycles. The number of carbonyl (C=O) groups excluding carboxylic acids is 2. The normalized spacial score (nSPS) is 15.5. The summed E-state index contributed by atoms with van der Waals surface area (Å²) in [7, 11) is 3.39. The molecule has 1 aliphatic heterocycles. The van der Waals surface area contributed by atoms with E-state index in [9.17, 15) is 14.4 Å². The second-order valence-corrected chi connectivity index (χ2v) is 8.81. The van der Waals surface area contributed by atoms with E-state index in [1.165, 1.54) is 14.4 Å². The van der Waals surface area contributed by atoms with Crippen LogP contribution in [0, 0.1) is 6.92 Å². The Morgan fingerprint density at radius 3 is 1.91 bits per heavy atom. The summed E-state index contributed by atoms with van der Waals surface area (Å²) in [5, 5.41) is 0.0908. The number of nitrogens with zero attached hydrogens (tertiary/aromatic N) is 4. The molecule has 0 bridgehead atoms. The minimum Gasteiger partial charge on any atom is -0.295 e. The van der Waals surface area contributed by atoms with Gasteiger partial charge in [0.05, 0.1) is 22.4 Å². The first kappa shape index (κ1) is 22.5. The Kier molecular flexibility index (Phi) is 5.45. The van der Waals surface area contributed by atoms with Crippen LogP contribution < -0.4 is 15.5 Å². The smallest absolute Gasteiger partial charge is 0.295 e. The molecule has 0 saturated carbocycles. The maximum Gasteiger partial charge on any atom is 0.328 e. The van der Waals surface area contributed by atoms with Crippen LogP contribution in [0.2, 0.25) is 0 Å². The number of aromatic nitrogens is 2. The van der Waals surface area contributed by atoms with Gasteiger partial charge in [0.25, 0.3) is 11.8 Å². The van der Waals surface area contributed by atoms with Gasteiger partial charge in [-0.3, -0.25) is 28.5 Å². The summed E-state index contributed by atoms with van der Waals surface area (Å²) in [5.74, 6) is -1.00. The molecule has 1 fully saturated rings. The summed E-state index contributed by atoms with van der Waals surface area (Å²) >= 11 is 5.66. The molecule has 1 aliphatic rings. The maximum atomic E-state index is 13.7. The van der Waals surface area contributed by atoms with Crippen molar-refractivity contribution in [2.24, 2.45) is 14.1 Å². The quantitative estimate of drug-likeness (QED) is 0.252. The van der Waals surface area contributed by atoms with Gasteiger partial charge in [-0.1, -0.05) is 42.0 Å². The molecule has 8 heteroatoms. The molecule has 0 N–H and O–H groups in total. The summed E-state index contributed by atoms with van der Waals surface area (Å²) in [4.78, 5) is 42.4. The predicted octanol–water partition coefficient (Wildman–Crippen LogP) is 3.93. The van der Waals surface area contributed by atoms with Crippen LogP contribution in [0.3, 0.4) is 0 Å². The Morgan fingerprint density at radius 2 is 1.29 bits per heavy atom. The number of hydrogen-bond donors (Lipinski definition) is 0. The van der Waals surface area contributed by atoms with E-state index in [0.29, 0.717) is 22.5 Å². The number of carbonyl (C=O) groups is 2. The van der Waals surface area contributed by atoms with Gasteiger partial charge in [-0.15, -0.1) is 0 Å². The average Bonchev–Trinajstić information content (AvgIpc) is 3.07. The maximum absolute atomic E-state index is 13.7. The zero-order valence-corrected chi connectivity index (χ0v) is 20.2. The Bertz CT molecular complexity index is 1600. The third-order valence-electron chi connectivity index (χ3n) is 6.16. The van der Waals surface area contributed by atoms with E-state index in [4.69, 9.17) is 12.2 Å². The highest BCUT2D eigenvalue weighted by molar-refractivity contribution is 7.81. The molecule has 35 heavy (non-hydrogen) atoms. The van der Waals surface area contributed by atoms with Crippen molar-refractivity contribution in [2.45, 2.75) is 6.92 Å². The molecule has 0 spiro atoms. The molecular formula is C27H22N4O3S. The molecule has 174 valence electrons. The second-order valence-electron chi connectivity index (χ2n) is 8.44. The van der Waals surface area contributed by atoms with Crippen molar-refractivity contribution >= 4 is 57.6 Å². The molecule has 0 aliphatic carbocycles. The fourth-order valence-electron chi connectivity index (χ4n) is 4.24. The van der Waals surface area contributed by atoms with Gasteiger partial charge >= 0.3 is 5.69 Å². The monoisotopic (exact) mass is 482 g/mol. The van der Waals surface area contributed by atoms with Gasteiger partial charge in [0.2, 0.25) is 0 Å². The first-order valence-electron chi connectivity index (χ1n) is 11.0. The molecule has 0 radical (unpaired) electrons. The van der Waals surface area contributed by atoms with E-state index >= 15 is 0 Å². The number of fused-ring (bicyclic) bond motifs is 1. The first-order valence-corrected chi connectivity index (χ1v) is 11.4. The van der Waals surface area contributed by atoms with Crippen LogP contribution in [0.5, 0.6) is 0 Å². The number of hydrogen-bond acceptors (Lipinski definition) is 4. The van der Waals surface area contributed by atoms with Gasteiger partial charge in [-0.25, -0.2) is 4.79 Å². The Labute approximate surface area is 207 Å². The minimum atomic E-state index is -0.503. The zero-order valence-electron chi connectivity index (χ0n) is 19.4. The van der Waals surface area contributed by atoms with Gasteiger partial charge in [-0.2, -0.15) is 0 Å². The lowest BCUT2D eigenvalue weighted by Gasteiger charge is -2.36. The van der Waals surface area contributed by atoms with Crippen molar-refractivity contribution in [1.82, 2.24) is 9.13 Å². The number of thiocarbonyl (C=S) groups is 1. The highest BCUT2D eigenvalue weighted by Gasteiger charge is 2.41. The van der Waals surface area contributed by atoms with Crippen molar-refractivity contribution in [2.75, 3.05) is 9.80 Å². The lowest BCUT2D eigenvalue weighted by atomic mass is 10.0. The van der Waals surface area contributed by atoms with Crippen LogP contribution in [0.15, 0.2) is 83.2 Å². The standard InChI is InChI=1S/C27H22N4O3S/c1-17-9-12-20(13-10-17)31-25(33)21(24(32)30(27(31)35)19-7-5-4-6-8-19)15-18-11-14-22-23(16-18)29(3)26(34)28(22)2/h4-16H,1-3H3. The zero-order chi connectivity index (χ0) is 24.9. The first-order chi connectivity index (χ1) is 16.8. The molecule has 5 rings (SSSR count). The van der Waals surface area contributed by atoms with Crippen LogP contribution in [0.25, 0.3) is 17.1 Å². The van der Waals surface area contributed by atoms with Crippen molar-refractivity contribution in [3.05, 3.63) is 100.0 Å². The molecule has 2 heterocycles. The lowest BCUT2D eigenvalue weighted by molar-refractivity contribution is -0.120. The lowest BCUT2D eigenvalue weighted by Crippen LogP contribution is -2.56. The Hall–Kier alpha value is -4.30. The van der Waals surface area contributed by atoms with Crippen molar-refractivity contribution < 1.29 is 9.59 Å². The summed E-state index contributed by atoms with van der Waals surface area (Å²) in [6.07, 6.45) is 1.56. The highest BCUT2D eigenvalue weighted by Crippen LogP contribution is 2.30. The summed E-state index contributed by atoms with van der Waals surface area (Å²) in [6, 6.07) is 21.8. The number of aryl methyl sites for hydroxylation is 3. The minimum absolute atomic E-state index is 0.0247. The molecule has 1 aromatic heterocycles. The predicted molar refractivity (Wildman–Crippen MR) is 141 cm³/mol. The van der Waals surface area contributed by atoms with E-state index in [-0.39, 0.29) is 16.4 Å². The number of para-hydroxylation sites is 1. The molecular weight excluding hydrogens is 460 g/mol. The molecule has 0 unspecified atom stereocenters. The summed E-state index contributed by atoms with van der Waals surface area (Å²) < 4.78 is 3.09. The van der Waals surface area contributed by atoms with Gasteiger partial charge < -0.3 is 0 Å². The van der Waals surface area contributed by atoms with E-state index in [1.807, 2.05) is 49.4 Å². The number of amides is 2. The number of benzene rings is 3. The van der Waals surface area contributed by atoms with Gasteiger partial charge in [0.1, 0.15) is 5.57 Å². The second kappa shape index (κ2) is 8.48. The van der Waals surface area contributed by atoms with E-state index in [1.54, 1.807) is 55.1 Å². The van der Waals surface area contributed by atoms with Crippen molar-refractivity contribution in [1.29, 1.82) is 0 Å². The largest absolute Gasteiger partial charge is 0.328 e. The fraction of sp³-hybridized carbons (Fsp3) is 0.111. The third kappa shape index (κ3) is 3.68. The Balaban J connectivity index is 1.67. The molecule has 7 nitrogen and oxygen atoms in total. The number of rotatable bonds is 3. The van der Waals surface area contributed by atoms with Crippen LogP contribution >= 0.6 is 12.2 Å². The van der Waals surface area contributed by atoms with Crippen LogP contribution in [-0.2, 0) is 23.7 Å². The van der Waals surface area contributed by atoms with Crippen molar-refractivity contribution in [3.8, 4) is 0 Å². The van der Waals surface area contributed by atoms with Crippen LogP contribution in [0.4, 0.5) is 11.4 Å². The number of imidazole rings is 1. The number of anilines is 2. The SMILES string of the molecule is Cc1ccc(N2C(=O)C(=Cc3ccc4c(c3)n(C)c(=O)n4C)C(=O)N(c3ccccc3)C2=S)cc1. The molecule has 4 aromatic rings. The molecule has 0 atom stereocenters. The third-order valence-corrected chi connectivity index (χ3v) is 6.53. The summed E-state index contributed by atoms with van der Waals surface area (Å²) in [5.41, 5.74) is 4.09.